The molecule has 0 unspecified atom stereocenters. The summed E-state index contributed by atoms with van der Waals surface area (Å²) in [7, 11) is 0. The fourth-order valence-corrected chi connectivity index (χ4v) is 3.89. The molecule has 1 aliphatic heterocycles. The van der Waals surface area contributed by atoms with Gasteiger partial charge in [0.15, 0.2) is 0 Å². The highest BCUT2D eigenvalue weighted by molar-refractivity contribution is 6.31. The Morgan fingerprint density at radius 1 is 1.23 bits per heavy atom. The second kappa shape index (κ2) is 11.0. The molecule has 3 rings (SSSR count). The lowest BCUT2D eigenvalue weighted by atomic mass is 10.2. The fraction of sp³-hybridized carbons (Fsp3) is 0.435. The zero-order valence-corrected chi connectivity index (χ0v) is 18.2. The van der Waals surface area contributed by atoms with Crippen LogP contribution in [0, 0.1) is 6.92 Å². The van der Waals surface area contributed by atoms with Crippen LogP contribution in [0.25, 0.3) is 6.08 Å². The third-order valence-electron chi connectivity index (χ3n) is 5.26. The van der Waals surface area contributed by atoms with E-state index in [1.165, 1.54) is 6.08 Å². The molecule has 6 nitrogen and oxygen atoms in total. The molecule has 0 aliphatic carbocycles. The lowest BCUT2D eigenvalue weighted by Gasteiger charge is -2.20. The van der Waals surface area contributed by atoms with E-state index in [1.807, 2.05) is 42.2 Å². The number of aromatic nitrogens is 2. The zero-order chi connectivity index (χ0) is 21.3. The number of carbonyl (C=O) groups excluding carboxylic acids is 2. The minimum Gasteiger partial charge on any atom is -0.352 e. The van der Waals surface area contributed by atoms with Gasteiger partial charge in [-0.2, -0.15) is 5.10 Å². The molecular weight excluding hydrogens is 400 g/mol. The van der Waals surface area contributed by atoms with Gasteiger partial charge < -0.3 is 10.2 Å². The molecule has 0 atom stereocenters. The number of carbonyl (C=O) groups is 2. The van der Waals surface area contributed by atoms with Crippen LogP contribution in [0.3, 0.4) is 0 Å². The van der Waals surface area contributed by atoms with Crippen LogP contribution in [0.1, 0.15) is 48.9 Å². The van der Waals surface area contributed by atoms with E-state index in [0.717, 1.165) is 49.0 Å². The van der Waals surface area contributed by atoms with Crippen LogP contribution in [-0.4, -0.2) is 46.1 Å². The third-order valence-corrected chi connectivity index (χ3v) is 5.66. The lowest BCUT2D eigenvalue weighted by molar-refractivity contribution is -0.130. The molecule has 1 N–H and O–H groups in total. The van der Waals surface area contributed by atoms with Crippen LogP contribution < -0.4 is 5.32 Å². The first-order chi connectivity index (χ1) is 14.5. The molecule has 2 aromatic rings. The largest absolute Gasteiger partial charge is 0.352 e. The maximum Gasteiger partial charge on any atom is 0.244 e. The number of likely N-dealkylation sites (tertiary alicyclic amines) is 1. The number of halogens is 1. The van der Waals surface area contributed by atoms with E-state index in [4.69, 9.17) is 11.6 Å². The van der Waals surface area contributed by atoms with Crippen LogP contribution in [0.4, 0.5) is 0 Å². The Hall–Kier alpha value is -2.60. The Labute approximate surface area is 182 Å². The van der Waals surface area contributed by atoms with Crippen molar-refractivity contribution < 1.29 is 9.59 Å². The first kappa shape index (κ1) is 22.1. The van der Waals surface area contributed by atoms with Gasteiger partial charge in [-0.05, 0) is 37.8 Å². The van der Waals surface area contributed by atoms with Crippen LogP contribution >= 0.6 is 11.6 Å². The number of nitrogens with one attached hydrogen (secondary N) is 1. The van der Waals surface area contributed by atoms with E-state index in [1.54, 1.807) is 10.8 Å². The van der Waals surface area contributed by atoms with Crippen LogP contribution in [0.5, 0.6) is 0 Å². The summed E-state index contributed by atoms with van der Waals surface area (Å²) in [6, 6.07) is 9.98. The summed E-state index contributed by atoms with van der Waals surface area (Å²) in [5, 5.41) is 7.88. The van der Waals surface area contributed by atoms with Crippen molar-refractivity contribution in [3.8, 4) is 0 Å². The van der Waals surface area contributed by atoms with Crippen molar-refractivity contribution in [3.63, 3.8) is 0 Å². The molecule has 1 aromatic heterocycles. The van der Waals surface area contributed by atoms with Crippen LogP contribution in [0.15, 0.2) is 36.4 Å². The van der Waals surface area contributed by atoms with Crippen LogP contribution in [-0.2, 0) is 16.1 Å². The first-order valence-corrected chi connectivity index (χ1v) is 10.9. The summed E-state index contributed by atoms with van der Waals surface area (Å²) >= 11 is 6.48. The second-order valence-electron chi connectivity index (χ2n) is 7.60. The molecule has 1 aliphatic rings. The molecule has 1 saturated heterocycles. The van der Waals surface area contributed by atoms with E-state index in [2.05, 4.69) is 10.4 Å². The molecule has 1 aromatic carbocycles. The van der Waals surface area contributed by atoms with Crippen molar-refractivity contribution in [1.82, 2.24) is 20.0 Å². The summed E-state index contributed by atoms with van der Waals surface area (Å²) in [6.45, 7) is 4.52. The summed E-state index contributed by atoms with van der Waals surface area (Å²) in [6.07, 6.45) is 7.76. The molecule has 0 bridgehead atoms. The number of hydrogen-bond donors (Lipinski definition) is 1. The molecule has 7 heteroatoms. The minimum atomic E-state index is -0.177. The Balaban J connectivity index is 1.48. The highest BCUT2D eigenvalue weighted by atomic mass is 35.5. The SMILES string of the molecule is Cc1nn(Cc2ccccc2)c(Cl)c1/C=C/C(=O)NCCCN1CCCCCC1=O. The number of benzene rings is 1. The molecule has 0 saturated carbocycles. The van der Waals surface area contributed by atoms with Gasteiger partial charge in [-0.25, -0.2) is 4.68 Å². The van der Waals surface area contributed by atoms with Crippen molar-refractivity contribution in [2.45, 2.75) is 45.6 Å². The molecule has 1 fully saturated rings. The summed E-state index contributed by atoms with van der Waals surface area (Å²) in [5.41, 5.74) is 2.63. The van der Waals surface area contributed by atoms with Gasteiger partial charge in [0.25, 0.3) is 0 Å². The molecule has 2 amide bonds. The number of hydrogen-bond acceptors (Lipinski definition) is 3. The third kappa shape index (κ3) is 6.20. The molecule has 30 heavy (non-hydrogen) atoms. The van der Waals surface area contributed by atoms with Crippen molar-refractivity contribution in [3.05, 3.63) is 58.4 Å². The maximum absolute atomic E-state index is 12.2. The summed E-state index contributed by atoms with van der Waals surface area (Å²) in [5.74, 6) is 0.0554. The van der Waals surface area contributed by atoms with E-state index < -0.39 is 0 Å². The topological polar surface area (TPSA) is 67.2 Å². The second-order valence-corrected chi connectivity index (χ2v) is 7.96. The predicted molar refractivity (Wildman–Crippen MR) is 119 cm³/mol. The van der Waals surface area contributed by atoms with Crippen molar-refractivity contribution in [1.29, 1.82) is 0 Å². The number of nitrogens with zero attached hydrogens (tertiary/aromatic N) is 3. The predicted octanol–water partition coefficient (Wildman–Crippen LogP) is 3.82. The zero-order valence-electron chi connectivity index (χ0n) is 17.4. The summed E-state index contributed by atoms with van der Waals surface area (Å²) in [4.78, 5) is 26.1. The van der Waals surface area contributed by atoms with Gasteiger partial charge in [-0.1, -0.05) is 48.4 Å². The van der Waals surface area contributed by atoms with Gasteiger partial charge in [-0.15, -0.1) is 0 Å². The Bertz CT molecular complexity index is 892. The van der Waals surface area contributed by atoms with Crippen molar-refractivity contribution in [2.24, 2.45) is 0 Å². The van der Waals surface area contributed by atoms with Gasteiger partial charge in [-0.3, -0.25) is 9.59 Å². The highest BCUT2D eigenvalue weighted by Gasteiger charge is 2.16. The number of aryl methyl sites for hydroxylation is 1. The minimum absolute atomic E-state index is 0.177. The molecule has 0 radical (unpaired) electrons. The average Bonchev–Trinajstić information content (AvgIpc) is 2.88. The maximum atomic E-state index is 12.2. The molecule has 2 heterocycles. The standard InChI is InChI=1S/C23H29ClN4O2/c1-18-20(23(24)28(26-18)17-19-9-4-2-5-10-19)12-13-21(29)25-14-8-16-27-15-7-3-6-11-22(27)30/h2,4-5,9-10,12-13H,3,6-8,11,14-17H2,1H3,(H,25,29)/b13-12+. The van der Waals surface area contributed by atoms with Gasteiger partial charge in [0.2, 0.25) is 11.8 Å². The van der Waals surface area contributed by atoms with E-state index in [0.29, 0.717) is 31.2 Å². The fourth-order valence-electron chi connectivity index (χ4n) is 3.59. The lowest BCUT2D eigenvalue weighted by Crippen LogP contribution is -2.33. The molecule has 0 spiro atoms. The van der Waals surface area contributed by atoms with E-state index in [-0.39, 0.29) is 11.8 Å². The Morgan fingerprint density at radius 2 is 2.03 bits per heavy atom. The van der Waals surface area contributed by atoms with Gasteiger partial charge in [0.1, 0.15) is 5.15 Å². The van der Waals surface area contributed by atoms with Crippen molar-refractivity contribution >= 4 is 29.5 Å². The average molecular weight is 429 g/mol. The van der Waals surface area contributed by atoms with Crippen molar-refractivity contribution in [2.75, 3.05) is 19.6 Å². The van der Waals surface area contributed by atoms with Gasteiger partial charge >= 0.3 is 0 Å². The molecular formula is C23H29ClN4O2. The van der Waals surface area contributed by atoms with Gasteiger partial charge in [0, 0.05) is 37.7 Å². The van der Waals surface area contributed by atoms with E-state index >= 15 is 0 Å². The Kier molecular flexibility index (Phi) is 8.08. The summed E-state index contributed by atoms with van der Waals surface area (Å²) < 4.78 is 1.74. The number of rotatable bonds is 8. The quantitative estimate of drug-likeness (QED) is 0.513. The normalized spacial score (nSPS) is 14.9. The Morgan fingerprint density at radius 3 is 2.83 bits per heavy atom. The first-order valence-electron chi connectivity index (χ1n) is 10.5. The van der Waals surface area contributed by atoms with E-state index in [9.17, 15) is 9.59 Å². The molecule has 160 valence electrons. The number of amides is 2. The van der Waals surface area contributed by atoms with Crippen LogP contribution in [0.2, 0.25) is 5.15 Å². The van der Waals surface area contributed by atoms with Gasteiger partial charge in [0.05, 0.1) is 12.2 Å². The monoisotopic (exact) mass is 428 g/mol. The highest BCUT2D eigenvalue weighted by Crippen LogP contribution is 2.22. The smallest absolute Gasteiger partial charge is 0.244 e.